The van der Waals surface area contributed by atoms with Crippen LogP contribution < -0.4 is 10.6 Å². The standard InChI is InChI=1S/2C15H23NO4.2C9H8O2/c2*1-8-4-5-11-9(2)12(17)16-13-15(11)10(8)6-7-14(3,18-13)19-20-15;2*10-9(11)7-6-8-4-2-1-3-5-8/h2*8-11,13H,4-7H2,1-3H3,(H,16,17);2*1-7H,(H,10,11)/b;;2*7-6+/t2*8-,9-,10+,11+,13-,14-,15-;;/m11../s1. The number of hydrogen-bond donors (Lipinski definition) is 4. The second-order valence-electron chi connectivity index (χ2n) is 18.7. The summed E-state index contributed by atoms with van der Waals surface area (Å²) in [5.74, 6) is -0.942. The molecular formula is C48H62N2O12. The van der Waals surface area contributed by atoms with Gasteiger partial charge in [0.05, 0.1) is 0 Å². The van der Waals surface area contributed by atoms with Gasteiger partial charge >= 0.3 is 11.9 Å². The van der Waals surface area contributed by atoms with Crippen LogP contribution in [0.2, 0.25) is 0 Å². The van der Waals surface area contributed by atoms with Crippen LogP contribution in [0.1, 0.15) is 104 Å². The van der Waals surface area contributed by atoms with Crippen LogP contribution in [0.25, 0.3) is 12.2 Å². The Bertz CT molecular complexity index is 1860. The van der Waals surface area contributed by atoms with Gasteiger partial charge in [-0.15, -0.1) is 0 Å². The van der Waals surface area contributed by atoms with Crippen LogP contribution in [0, 0.1) is 47.3 Å². The number of rotatable bonds is 4. The maximum Gasteiger partial charge on any atom is 0.328 e. The number of nitrogens with one attached hydrogen (secondary N) is 2. The molecule has 8 saturated heterocycles. The van der Waals surface area contributed by atoms with Crippen LogP contribution in [0.15, 0.2) is 72.8 Å². The molecule has 14 atom stereocenters. The van der Waals surface area contributed by atoms with Crippen molar-refractivity contribution < 1.29 is 58.4 Å². The number of amides is 2. The Labute approximate surface area is 363 Å². The molecule has 8 heterocycles. The smallest absolute Gasteiger partial charge is 0.328 e. The second kappa shape index (κ2) is 18.3. The van der Waals surface area contributed by atoms with Crippen LogP contribution in [0.3, 0.4) is 0 Å². The number of carbonyl (C=O) groups is 4. The van der Waals surface area contributed by atoms with Crippen molar-refractivity contribution in [1.82, 2.24) is 10.6 Å². The van der Waals surface area contributed by atoms with Crippen LogP contribution >= 0.6 is 0 Å². The van der Waals surface area contributed by atoms with Gasteiger partial charge in [-0.25, -0.2) is 29.1 Å². The van der Waals surface area contributed by atoms with Gasteiger partial charge in [0.15, 0.2) is 23.7 Å². The first-order valence-corrected chi connectivity index (χ1v) is 22.1. The molecule has 2 aromatic rings. The summed E-state index contributed by atoms with van der Waals surface area (Å²) in [6.45, 7) is 12.4. The quantitative estimate of drug-likeness (QED) is 0.175. The van der Waals surface area contributed by atoms with Gasteiger partial charge in [-0.2, -0.15) is 0 Å². The summed E-state index contributed by atoms with van der Waals surface area (Å²) < 4.78 is 12.2. The summed E-state index contributed by atoms with van der Waals surface area (Å²) in [6, 6.07) is 18.6. The first-order chi connectivity index (χ1) is 29.5. The highest BCUT2D eigenvalue weighted by molar-refractivity contribution is 5.85. The first kappa shape index (κ1) is 45.6. The molecule has 0 aromatic heterocycles. The molecule has 2 amide bonds. The SMILES string of the molecule is C[C@@H]1CC[C@H]2[C@@H](C)C(=O)N[C@@H]3O[C@@]4(C)CC[C@@H]1[C@]32OO4.C[C@@H]1CC[C@H]2[C@@H](C)C(=O)N[C@@H]3O[C@@]4(C)CC[C@@H]1[C@]32OO4.O=C(O)/C=C/c1ccccc1.O=C(O)/C=C/c1ccccc1. The number of hydrogen-bond acceptors (Lipinski definition) is 10. The third-order valence-electron chi connectivity index (χ3n) is 14.7. The molecule has 12 rings (SSSR count). The molecule has 0 radical (unpaired) electrons. The number of carbonyl (C=O) groups excluding carboxylic acids is 2. The fourth-order valence-electron chi connectivity index (χ4n) is 11.3. The first-order valence-electron chi connectivity index (χ1n) is 22.1. The average molecular weight is 859 g/mol. The van der Waals surface area contributed by atoms with Gasteiger partial charge in [-0.3, -0.25) is 9.59 Å². The monoisotopic (exact) mass is 858 g/mol. The fraction of sp³-hybridized carbons (Fsp3) is 0.583. The summed E-state index contributed by atoms with van der Waals surface area (Å²) >= 11 is 0. The molecule has 14 heteroatoms. The van der Waals surface area contributed by atoms with E-state index in [4.69, 9.17) is 39.2 Å². The third kappa shape index (κ3) is 9.00. The number of fused-ring (bicyclic) bond motifs is 4. The van der Waals surface area contributed by atoms with Gasteiger partial charge < -0.3 is 30.3 Å². The van der Waals surface area contributed by atoms with Crippen LogP contribution in [-0.2, 0) is 48.2 Å². The lowest BCUT2D eigenvalue weighted by Crippen LogP contribution is -2.74. The van der Waals surface area contributed by atoms with Gasteiger partial charge in [-0.1, -0.05) is 88.4 Å². The highest BCUT2D eigenvalue weighted by atomic mass is 17.3. The highest BCUT2D eigenvalue weighted by Crippen LogP contribution is 2.60. The Kier molecular flexibility index (Phi) is 13.5. The van der Waals surface area contributed by atoms with E-state index >= 15 is 0 Å². The number of ether oxygens (including phenoxy) is 2. The summed E-state index contributed by atoms with van der Waals surface area (Å²) in [6.07, 6.45) is 12.6. The minimum absolute atomic E-state index is 0.0455. The molecular weight excluding hydrogens is 797 g/mol. The normalized spacial score (nSPS) is 40.9. The number of carboxylic acids is 2. The van der Waals surface area contributed by atoms with Crippen LogP contribution in [0.4, 0.5) is 0 Å². The molecule has 2 spiro atoms. The maximum absolute atomic E-state index is 12.2. The Hall–Kier alpha value is -4.44. The molecule has 10 fully saturated rings. The molecule has 8 aliphatic heterocycles. The van der Waals surface area contributed by atoms with Crippen molar-refractivity contribution in [1.29, 1.82) is 0 Å². The summed E-state index contributed by atoms with van der Waals surface area (Å²) in [4.78, 5) is 68.0. The van der Waals surface area contributed by atoms with Crippen molar-refractivity contribution in [3.63, 3.8) is 0 Å². The van der Waals surface area contributed by atoms with Crippen molar-refractivity contribution in [2.45, 2.75) is 128 Å². The van der Waals surface area contributed by atoms with Gasteiger partial charge in [-0.05, 0) is 99.3 Å². The van der Waals surface area contributed by atoms with Crippen molar-refractivity contribution in [2.24, 2.45) is 47.3 Å². The summed E-state index contributed by atoms with van der Waals surface area (Å²) in [5.41, 5.74) is 0.798. The van der Waals surface area contributed by atoms with E-state index in [-0.39, 0.29) is 47.9 Å². The van der Waals surface area contributed by atoms with Crippen LogP contribution in [0.5, 0.6) is 0 Å². The van der Waals surface area contributed by atoms with E-state index in [0.717, 1.165) is 74.6 Å². The fourth-order valence-corrected chi connectivity index (χ4v) is 11.3. The maximum atomic E-state index is 12.2. The van der Waals surface area contributed by atoms with Gasteiger partial charge in [0.2, 0.25) is 23.4 Å². The molecule has 4 bridgehead atoms. The third-order valence-corrected chi connectivity index (χ3v) is 14.7. The molecule has 2 saturated carbocycles. The van der Waals surface area contributed by atoms with Crippen molar-refractivity contribution in [3.8, 4) is 0 Å². The lowest BCUT2D eigenvalue weighted by molar-refractivity contribution is -0.538. The Balaban J connectivity index is 0.000000130. The predicted octanol–water partition coefficient (Wildman–Crippen LogP) is 7.50. The van der Waals surface area contributed by atoms with E-state index < -0.39 is 34.7 Å². The zero-order valence-corrected chi connectivity index (χ0v) is 36.5. The Morgan fingerprint density at radius 1 is 0.565 bits per heavy atom. The van der Waals surface area contributed by atoms with E-state index in [9.17, 15) is 19.2 Å². The number of aliphatic carboxylic acids is 2. The molecule has 4 N–H and O–H groups in total. The highest BCUT2D eigenvalue weighted by Gasteiger charge is 2.70. The minimum atomic E-state index is -0.922. The van der Waals surface area contributed by atoms with Gasteiger partial charge in [0.1, 0.15) is 0 Å². The topological polar surface area (TPSA) is 188 Å². The zero-order valence-electron chi connectivity index (χ0n) is 36.5. The second-order valence-corrected chi connectivity index (χ2v) is 18.7. The number of piperidine rings is 2. The molecule has 10 aliphatic rings. The van der Waals surface area contributed by atoms with E-state index in [1.165, 1.54) is 0 Å². The molecule has 2 aliphatic carbocycles. The van der Waals surface area contributed by atoms with Gasteiger partial charge in [0, 0.05) is 48.7 Å². The Morgan fingerprint density at radius 3 is 1.29 bits per heavy atom. The molecule has 0 unspecified atom stereocenters. The van der Waals surface area contributed by atoms with E-state index in [0.29, 0.717) is 23.7 Å². The van der Waals surface area contributed by atoms with Gasteiger partial charge in [0.25, 0.3) is 0 Å². The van der Waals surface area contributed by atoms with Crippen molar-refractivity contribution in [2.75, 3.05) is 0 Å². The molecule has 62 heavy (non-hydrogen) atoms. The number of carboxylic acid groups (broad SMARTS) is 2. The lowest BCUT2D eigenvalue weighted by Gasteiger charge is -2.58. The Morgan fingerprint density at radius 2 is 0.935 bits per heavy atom. The predicted molar refractivity (Wildman–Crippen MR) is 226 cm³/mol. The summed E-state index contributed by atoms with van der Waals surface area (Å²) in [7, 11) is 0. The van der Waals surface area contributed by atoms with E-state index in [1.807, 2.05) is 88.4 Å². The zero-order chi connectivity index (χ0) is 44.5. The van der Waals surface area contributed by atoms with Crippen molar-refractivity contribution in [3.05, 3.63) is 83.9 Å². The molecule has 336 valence electrons. The van der Waals surface area contributed by atoms with Crippen molar-refractivity contribution >= 4 is 35.9 Å². The average Bonchev–Trinajstić information content (AvgIpc) is 3.63. The van der Waals surface area contributed by atoms with E-state index in [1.54, 1.807) is 12.2 Å². The lowest BCUT2D eigenvalue weighted by atomic mass is 9.57. The number of benzene rings is 2. The largest absolute Gasteiger partial charge is 0.478 e. The summed E-state index contributed by atoms with van der Waals surface area (Å²) in [5, 5.41) is 22.7. The minimum Gasteiger partial charge on any atom is -0.478 e. The molecule has 2 aromatic carbocycles. The van der Waals surface area contributed by atoms with E-state index in [2.05, 4.69) is 24.5 Å². The van der Waals surface area contributed by atoms with Crippen LogP contribution in [-0.4, -0.2) is 69.2 Å². The molecule has 14 nitrogen and oxygen atoms in total.